The minimum Gasteiger partial charge on any atom is -0.496 e. The Bertz CT molecular complexity index is 590. The fraction of sp³-hybridized carbons (Fsp3) is 0.682. The van der Waals surface area contributed by atoms with E-state index in [9.17, 15) is 0 Å². The number of hydrogen-bond acceptors (Lipinski definition) is 4. The number of benzene rings is 1. The van der Waals surface area contributed by atoms with Gasteiger partial charge < -0.3 is 25.2 Å². The van der Waals surface area contributed by atoms with E-state index >= 15 is 0 Å². The van der Waals surface area contributed by atoms with Gasteiger partial charge in [0.05, 0.1) is 7.11 Å². The zero-order valence-electron chi connectivity index (χ0n) is 18.6. The van der Waals surface area contributed by atoms with Gasteiger partial charge in [0.15, 0.2) is 5.96 Å². The van der Waals surface area contributed by atoms with Crippen molar-refractivity contribution in [2.24, 2.45) is 10.9 Å². The molecule has 1 aromatic carbocycles. The predicted octanol–water partition coefficient (Wildman–Crippen LogP) is 2.68. The molecule has 1 heterocycles. The van der Waals surface area contributed by atoms with Crippen LogP contribution in [0.4, 0.5) is 0 Å². The van der Waals surface area contributed by atoms with E-state index in [1.165, 1.54) is 38.3 Å². The van der Waals surface area contributed by atoms with Crippen molar-refractivity contribution in [2.45, 2.75) is 27.2 Å². The molecular weight excluding hydrogens is 477 g/mol. The van der Waals surface area contributed by atoms with Crippen LogP contribution in [0.5, 0.6) is 5.75 Å². The normalized spacial score (nSPS) is 16.8. The molecule has 1 fully saturated rings. The Labute approximate surface area is 194 Å². The highest BCUT2D eigenvalue weighted by atomic mass is 127. The molecule has 6 nitrogen and oxygen atoms in total. The second-order valence-electron chi connectivity index (χ2n) is 7.55. The van der Waals surface area contributed by atoms with Crippen LogP contribution in [-0.2, 0) is 6.42 Å². The van der Waals surface area contributed by atoms with Crippen LogP contribution in [0.25, 0.3) is 0 Å². The quantitative estimate of drug-likeness (QED) is 0.284. The summed E-state index contributed by atoms with van der Waals surface area (Å²) in [4.78, 5) is 9.91. The van der Waals surface area contributed by atoms with Crippen molar-refractivity contribution in [2.75, 3.05) is 66.0 Å². The molecule has 0 radical (unpaired) electrons. The number of methoxy groups -OCH3 is 1. The van der Waals surface area contributed by atoms with E-state index in [1.54, 1.807) is 7.11 Å². The van der Waals surface area contributed by atoms with Gasteiger partial charge in [-0.1, -0.05) is 32.0 Å². The lowest BCUT2D eigenvalue weighted by Gasteiger charge is -2.35. The zero-order valence-corrected chi connectivity index (χ0v) is 20.9. The largest absolute Gasteiger partial charge is 0.496 e. The third-order valence-electron chi connectivity index (χ3n) is 5.27. The predicted molar refractivity (Wildman–Crippen MR) is 134 cm³/mol. The van der Waals surface area contributed by atoms with Gasteiger partial charge in [-0.15, -0.1) is 24.0 Å². The number of hydrogen-bond donors (Lipinski definition) is 2. The van der Waals surface area contributed by atoms with Gasteiger partial charge in [-0.25, -0.2) is 0 Å². The summed E-state index contributed by atoms with van der Waals surface area (Å²) >= 11 is 0. The Hall–Kier alpha value is -1.06. The summed E-state index contributed by atoms with van der Waals surface area (Å²) in [6.07, 6.45) is 0.908. The lowest BCUT2D eigenvalue weighted by molar-refractivity contribution is 0.125. The first kappa shape index (κ1) is 26.0. The summed E-state index contributed by atoms with van der Waals surface area (Å²) in [6, 6.07) is 8.19. The molecule has 1 aliphatic heterocycles. The van der Waals surface area contributed by atoms with Crippen LogP contribution < -0.4 is 15.4 Å². The van der Waals surface area contributed by atoms with E-state index < -0.39 is 0 Å². The molecule has 1 aromatic rings. The number of nitrogens with one attached hydrogen (secondary N) is 2. The summed E-state index contributed by atoms with van der Waals surface area (Å²) in [7, 11) is 1.72. The molecule has 166 valence electrons. The van der Waals surface area contributed by atoms with Crippen molar-refractivity contribution in [1.29, 1.82) is 0 Å². The van der Waals surface area contributed by atoms with Crippen LogP contribution in [0.2, 0.25) is 0 Å². The van der Waals surface area contributed by atoms with Crippen LogP contribution in [0, 0.1) is 5.92 Å². The summed E-state index contributed by atoms with van der Waals surface area (Å²) in [6.45, 7) is 16.2. The molecule has 0 saturated carbocycles. The first-order valence-electron chi connectivity index (χ1n) is 10.7. The Kier molecular flexibility index (Phi) is 13.3. The Morgan fingerprint density at radius 1 is 1.10 bits per heavy atom. The second kappa shape index (κ2) is 14.8. The van der Waals surface area contributed by atoms with Gasteiger partial charge in [-0.05, 0) is 37.4 Å². The molecule has 2 N–H and O–H groups in total. The van der Waals surface area contributed by atoms with Gasteiger partial charge in [-0.3, -0.25) is 4.99 Å². The second-order valence-corrected chi connectivity index (χ2v) is 7.55. The number of nitrogens with zero attached hydrogens (tertiary/aromatic N) is 3. The average Bonchev–Trinajstić information content (AvgIpc) is 2.73. The SMILES string of the molecule is CCNC(=NCC(C)CN1CCN(CC)CC1)NCCc1ccccc1OC.I. The van der Waals surface area contributed by atoms with Crippen molar-refractivity contribution in [3.05, 3.63) is 29.8 Å². The molecule has 1 atom stereocenters. The number of para-hydroxylation sites is 1. The molecule has 0 spiro atoms. The Morgan fingerprint density at radius 3 is 2.45 bits per heavy atom. The van der Waals surface area contributed by atoms with Crippen LogP contribution in [0.3, 0.4) is 0 Å². The Morgan fingerprint density at radius 2 is 1.79 bits per heavy atom. The number of piperazine rings is 1. The summed E-state index contributed by atoms with van der Waals surface area (Å²) < 4.78 is 5.43. The first-order chi connectivity index (χ1) is 13.7. The number of aliphatic imine (C=N–C) groups is 1. The maximum Gasteiger partial charge on any atom is 0.191 e. The monoisotopic (exact) mass is 517 g/mol. The molecule has 0 amide bonds. The van der Waals surface area contributed by atoms with Crippen LogP contribution in [0.1, 0.15) is 26.3 Å². The van der Waals surface area contributed by atoms with Gasteiger partial charge in [-0.2, -0.15) is 0 Å². The minimum absolute atomic E-state index is 0. The molecule has 1 unspecified atom stereocenters. The van der Waals surface area contributed by atoms with Crippen LogP contribution in [-0.4, -0.2) is 81.8 Å². The van der Waals surface area contributed by atoms with E-state index in [2.05, 4.69) is 53.3 Å². The highest BCUT2D eigenvalue weighted by Gasteiger charge is 2.17. The summed E-state index contributed by atoms with van der Waals surface area (Å²) in [5, 5.41) is 6.81. The lowest BCUT2D eigenvalue weighted by atomic mass is 10.1. The van der Waals surface area contributed by atoms with E-state index in [-0.39, 0.29) is 24.0 Å². The molecule has 29 heavy (non-hydrogen) atoms. The average molecular weight is 518 g/mol. The molecule has 0 aliphatic carbocycles. The molecule has 0 aromatic heterocycles. The molecule has 7 heteroatoms. The van der Waals surface area contributed by atoms with Gasteiger partial charge in [0.25, 0.3) is 0 Å². The van der Waals surface area contributed by atoms with Crippen molar-refractivity contribution >= 4 is 29.9 Å². The number of halogens is 1. The van der Waals surface area contributed by atoms with Crippen molar-refractivity contribution in [3.8, 4) is 5.75 Å². The van der Waals surface area contributed by atoms with Crippen LogP contribution >= 0.6 is 24.0 Å². The fourth-order valence-electron chi connectivity index (χ4n) is 3.60. The minimum atomic E-state index is 0. The maximum atomic E-state index is 5.43. The highest BCUT2D eigenvalue weighted by molar-refractivity contribution is 14.0. The van der Waals surface area contributed by atoms with Gasteiger partial charge in [0.1, 0.15) is 5.75 Å². The third kappa shape index (κ3) is 9.53. The van der Waals surface area contributed by atoms with Gasteiger partial charge >= 0.3 is 0 Å². The smallest absolute Gasteiger partial charge is 0.191 e. The molecule has 1 aliphatic rings. The third-order valence-corrected chi connectivity index (χ3v) is 5.27. The molecule has 0 bridgehead atoms. The highest BCUT2D eigenvalue weighted by Crippen LogP contribution is 2.17. The van der Waals surface area contributed by atoms with E-state index in [0.29, 0.717) is 5.92 Å². The standard InChI is InChI=1S/C22H39N5O.HI/c1-5-23-22(24-12-11-20-9-7-8-10-21(20)28-4)25-17-19(3)18-27-15-13-26(6-2)14-16-27;/h7-10,19H,5-6,11-18H2,1-4H3,(H2,23,24,25);1H. The molecular formula is C22H40IN5O. The molecule has 1 saturated heterocycles. The summed E-state index contributed by atoms with van der Waals surface area (Å²) in [5.74, 6) is 2.40. The Balaban J connectivity index is 0.00000420. The number of guanidine groups is 1. The number of rotatable bonds is 10. The molecule has 2 rings (SSSR count). The maximum absolute atomic E-state index is 5.43. The summed E-state index contributed by atoms with van der Waals surface area (Å²) in [5.41, 5.74) is 1.22. The van der Waals surface area contributed by atoms with Crippen LogP contribution in [0.15, 0.2) is 29.3 Å². The van der Waals surface area contributed by atoms with E-state index in [0.717, 1.165) is 44.3 Å². The fourth-order valence-corrected chi connectivity index (χ4v) is 3.60. The lowest BCUT2D eigenvalue weighted by Crippen LogP contribution is -2.47. The van der Waals surface area contributed by atoms with Crippen molar-refractivity contribution in [1.82, 2.24) is 20.4 Å². The zero-order chi connectivity index (χ0) is 20.2. The van der Waals surface area contributed by atoms with Crippen molar-refractivity contribution < 1.29 is 4.74 Å². The topological polar surface area (TPSA) is 52.1 Å². The van der Waals surface area contributed by atoms with Crippen molar-refractivity contribution in [3.63, 3.8) is 0 Å². The van der Waals surface area contributed by atoms with E-state index in [4.69, 9.17) is 9.73 Å². The van der Waals surface area contributed by atoms with Gasteiger partial charge in [0.2, 0.25) is 0 Å². The number of likely N-dealkylation sites (N-methyl/N-ethyl adjacent to an activating group) is 1. The first-order valence-corrected chi connectivity index (χ1v) is 10.7. The number of ether oxygens (including phenoxy) is 1. The van der Waals surface area contributed by atoms with E-state index in [1.807, 2.05) is 12.1 Å². The van der Waals surface area contributed by atoms with Gasteiger partial charge in [0, 0.05) is 52.4 Å².